The van der Waals surface area contributed by atoms with Crippen LogP contribution in [0.15, 0.2) is 36.8 Å². The van der Waals surface area contributed by atoms with Crippen LogP contribution >= 0.6 is 0 Å². The number of methoxy groups -OCH3 is 1. The highest BCUT2D eigenvalue weighted by Crippen LogP contribution is 2.50. The van der Waals surface area contributed by atoms with Crippen molar-refractivity contribution in [2.24, 2.45) is 5.41 Å². The molecule has 1 aliphatic rings. The second kappa shape index (κ2) is 7.00. The van der Waals surface area contributed by atoms with Crippen LogP contribution in [0.5, 0.6) is 0 Å². The van der Waals surface area contributed by atoms with Crippen molar-refractivity contribution in [1.29, 1.82) is 0 Å². The van der Waals surface area contributed by atoms with Gasteiger partial charge in [-0.3, -0.25) is 0 Å². The molecule has 0 spiro atoms. The Bertz CT molecular complexity index is 751. The van der Waals surface area contributed by atoms with Crippen molar-refractivity contribution < 1.29 is 9.53 Å². The molecule has 0 radical (unpaired) electrons. The van der Waals surface area contributed by atoms with Gasteiger partial charge < -0.3 is 14.6 Å². The van der Waals surface area contributed by atoms with Crippen LogP contribution in [0, 0.1) is 5.41 Å². The molecular formula is C20H27N3O2. The zero-order valence-corrected chi connectivity index (χ0v) is 15.5. The summed E-state index contributed by atoms with van der Waals surface area (Å²) in [5.74, 6) is -0.350. The number of benzene rings is 1. The Morgan fingerprint density at radius 2 is 2.08 bits per heavy atom. The summed E-state index contributed by atoms with van der Waals surface area (Å²) in [6.45, 7) is 7.70. The van der Waals surface area contributed by atoms with Crippen molar-refractivity contribution in [3.63, 3.8) is 0 Å². The van der Waals surface area contributed by atoms with Gasteiger partial charge in [-0.15, -0.1) is 0 Å². The van der Waals surface area contributed by atoms with E-state index in [1.807, 2.05) is 4.57 Å². The maximum Gasteiger partial charge on any atom is 0.356 e. The molecule has 1 aromatic carbocycles. The number of hydrogen-bond donors (Lipinski definition) is 1. The van der Waals surface area contributed by atoms with Crippen LogP contribution in [0.1, 0.15) is 67.3 Å². The van der Waals surface area contributed by atoms with Crippen molar-refractivity contribution in [3.05, 3.63) is 53.6 Å². The van der Waals surface area contributed by atoms with E-state index in [0.29, 0.717) is 11.7 Å². The second-order valence-corrected chi connectivity index (χ2v) is 7.41. The van der Waals surface area contributed by atoms with E-state index in [-0.39, 0.29) is 17.4 Å². The van der Waals surface area contributed by atoms with Crippen LogP contribution in [0.2, 0.25) is 0 Å². The molecule has 134 valence electrons. The zero-order valence-electron chi connectivity index (χ0n) is 15.5. The third kappa shape index (κ3) is 3.21. The van der Waals surface area contributed by atoms with Crippen molar-refractivity contribution in [2.45, 2.75) is 45.7 Å². The first kappa shape index (κ1) is 17.7. The highest BCUT2D eigenvalue weighted by Gasteiger charge is 2.42. The number of hydrogen-bond acceptors (Lipinski definition) is 4. The van der Waals surface area contributed by atoms with Crippen LogP contribution < -0.4 is 5.32 Å². The molecule has 2 aromatic rings. The van der Waals surface area contributed by atoms with E-state index in [2.05, 4.69) is 55.3 Å². The molecule has 0 amide bonds. The Morgan fingerprint density at radius 1 is 1.36 bits per heavy atom. The van der Waals surface area contributed by atoms with Gasteiger partial charge in [0.25, 0.3) is 0 Å². The Morgan fingerprint density at radius 3 is 2.76 bits per heavy atom. The van der Waals surface area contributed by atoms with Gasteiger partial charge in [0.1, 0.15) is 5.69 Å². The summed E-state index contributed by atoms with van der Waals surface area (Å²) in [5.41, 5.74) is 3.01. The molecule has 1 aromatic heterocycles. The number of carbonyl (C=O) groups is 1. The molecule has 2 atom stereocenters. The number of rotatable bonds is 5. The fourth-order valence-corrected chi connectivity index (χ4v) is 4.05. The summed E-state index contributed by atoms with van der Waals surface area (Å²) in [7, 11) is 1.41. The number of esters is 1. The van der Waals surface area contributed by atoms with Gasteiger partial charge >= 0.3 is 5.97 Å². The summed E-state index contributed by atoms with van der Waals surface area (Å²) in [4.78, 5) is 16.4. The number of aromatic nitrogens is 2. The molecule has 0 bridgehead atoms. The van der Waals surface area contributed by atoms with Gasteiger partial charge in [0.05, 0.1) is 25.7 Å². The van der Waals surface area contributed by atoms with E-state index in [1.54, 1.807) is 12.5 Å². The minimum absolute atomic E-state index is 0.0385. The monoisotopic (exact) mass is 341 g/mol. The van der Waals surface area contributed by atoms with Crippen LogP contribution in [0.3, 0.4) is 0 Å². The van der Waals surface area contributed by atoms with E-state index in [9.17, 15) is 4.79 Å². The third-order valence-corrected chi connectivity index (χ3v) is 5.12. The summed E-state index contributed by atoms with van der Waals surface area (Å²) in [6.07, 6.45) is 5.44. The van der Waals surface area contributed by atoms with Gasteiger partial charge in [0.2, 0.25) is 0 Å². The van der Waals surface area contributed by atoms with Gasteiger partial charge in [-0.25, -0.2) is 9.78 Å². The summed E-state index contributed by atoms with van der Waals surface area (Å²) < 4.78 is 6.92. The Labute approximate surface area is 149 Å². The summed E-state index contributed by atoms with van der Waals surface area (Å²) >= 11 is 0. The number of nitrogens with one attached hydrogen (secondary N) is 1. The summed E-state index contributed by atoms with van der Waals surface area (Å²) in [6, 6.07) is 8.89. The molecule has 2 unspecified atom stereocenters. The highest BCUT2D eigenvalue weighted by atomic mass is 16.5. The quantitative estimate of drug-likeness (QED) is 0.842. The topological polar surface area (TPSA) is 56.2 Å². The molecule has 0 saturated carbocycles. The van der Waals surface area contributed by atoms with Gasteiger partial charge in [0, 0.05) is 6.04 Å². The van der Waals surface area contributed by atoms with Crippen molar-refractivity contribution >= 4 is 5.97 Å². The molecule has 1 N–H and O–H groups in total. The van der Waals surface area contributed by atoms with Gasteiger partial charge in [-0.1, -0.05) is 45.0 Å². The van der Waals surface area contributed by atoms with E-state index in [0.717, 1.165) is 19.4 Å². The molecule has 5 heteroatoms. The molecule has 0 saturated heterocycles. The molecule has 0 fully saturated rings. The van der Waals surface area contributed by atoms with Crippen LogP contribution in [-0.4, -0.2) is 29.2 Å². The van der Waals surface area contributed by atoms with Crippen molar-refractivity contribution in [2.75, 3.05) is 13.7 Å². The third-order valence-electron chi connectivity index (χ3n) is 5.12. The minimum Gasteiger partial charge on any atom is -0.464 e. The Kier molecular flexibility index (Phi) is 4.95. The summed E-state index contributed by atoms with van der Waals surface area (Å²) in [5, 5.41) is 3.68. The first-order chi connectivity index (χ1) is 12.0. The van der Waals surface area contributed by atoms with Crippen LogP contribution in [0.25, 0.3) is 0 Å². The number of ether oxygens (including phenoxy) is 1. The molecular weight excluding hydrogens is 314 g/mol. The fourth-order valence-electron chi connectivity index (χ4n) is 4.05. The number of imidazole rings is 1. The minimum atomic E-state index is -0.350. The molecule has 0 aliphatic heterocycles. The SMILES string of the molecule is CCCNC1CC(C)(C)C(n2cncc2C(=O)OC)c2ccccc21. The molecule has 3 rings (SSSR count). The lowest BCUT2D eigenvalue weighted by atomic mass is 9.68. The van der Waals surface area contributed by atoms with E-state index in [1.165, 1.54) is 18.2 Å². The number of nitrogens with zero attached hydrogens (tertiary/aromatic N) is 2. The molecule has 1 heterocycles. The zero-order chi connectivity index (χ0) is 18.0. The smallest absolute Gasteiger partial charge is 0.356 e. The average Bonchev–Trinajstić information content (AvgIpc) is 3.07. The first-order valence-corrected chi connectivity index (χ1v) is 8.92. The van der Waals surface area contributed by atoms with E-state index in [4.69, 9.17) is 4.74 Å². The fraction of sp³-hybridized carbons (Fsp3) is 0.500. The predicted molar refractivity (Wildman–Crippen MR) is 97.6 cm³/mol. The van der Waals surface area contributed by atoms with Crippen molar-refractivity contribution in [1.82, 2.24) is 14.9 Å². The van der Waals surface area contributed by atoms with Crippen molar-refractivity contribution in [3.8, 4) is 0 Å². The largest absolute Gasteiger partial charge is 0.464 e. The first-order valence-electron chi connectivity index (χ1n) is 8.92. The normalized spacial score (nSPS) is 21.6. The lowest BCUT2D eigenvalue weighted by Gasteiger charge is -2.45. The lowest BCUT2D eigenvalue weighted by molar-refractivity contribution is 0.0579. The lowest BCUT2D eigenvalue weighted by Crippen LogP contribution is -2.40. The Hall–Kier alpha value is -2.14. The molecule has 1 aliphatic carbocycles. The van der Waals surface area contributed by atoms with Gasteiger partial charge in [-0.05, 0) is 35.9 Å². The highest BCUT2D eigenvalue weighted by molar-refractivity contribution is 5.87. The maximum absolute atomic E-state index is 12.2. The number of fused-ring (bicyclic) bond motifs is 1. The van der Waals surface area contributed by atoms with E-state index < -0.39 is 0 Å². The molecule has 5 nitrogen and oxygen atoms in total. The van der Waals surface area contributed by atoms with E-state index >= 15 is 0 Å². The van der Waals surface area contributed by atoms with Crippen LogP contribution in [0.4, 0.5) is 0 Å². The van der Waals surface area contributed by atoms with Crippen LogP contribution in [-0.2, 0) is 4.74 Å². The van der Waals surface area contributed by atoms with Gasteiger partial charge in [0.15, 0.2) is 0 Å². The van der Waals surface area contributed by atoms with Gasteiger partial charge in [-0.2, -0.15) is 0 Å². The number of carbonyl (C=O) groups excluding carboxylic acids is 1. The Balaban J connectivity index is 2.10. The molecule has 25 heavy (non-hydrogen) atoms. The standard InChI is InChI=1S/C20H27N3O2/c1-5-10-22-16-11-20(2,3)18(15-9-7-6-8-14(15)16)23-13-21-12-17(23)19(24)25-4/h6-9,12-13,16,18,22H,5,10-11H2,1-4H3. The maximum atomic E-state index is 12.2. The second-order valence-electron chi connectivity index (χ2n) is 7.41. The predicted octanol–water partition coefficient (Wildman–Crippen LogP) is 3.73. The average molecular weight is 341 g/mol.